The second-order valence-corrected chi connectivity index (χ2v) is 5.04. The molecule has 8 heteroatoms. The topological polar surface area (TPSA) is 72.2 Å². The van der Waals surface area contributed by atoms with E-state index in [1.165, 1.54) is 12.4 Å². The van der Waals surface area contributed by atoms with E-state index in [9.17, 15) is 22.8 Å². The Kier molecular flexibility index (Phi) is 3.80. The van der Waals surface area contributed by atoms with Gasteiger partial charge in [0.15, 0.2) is 17.5 Å². The van der Waals surface area contributed by atoms with E-state index in [1.807, 2.05) is 0 Å². The molecular weight excluding hydrogens is 325 g/mol. The van der Waals surface area contributed by atoms with Gasteiger partial charge in [-0.3, -0.25) is 9.78 Å². The van der Waals surface area contributed by atoms with Crippen molar-refractivity contribution in [2.45, 2.75) is 6.54 Å². The molecule has 0 bridgehead atoms. The Morgan fingerprint density at radius 2 is 1.83 bits per heavy atom. The Labute approximate surface area is 132 Å². The third-order valence-corrected chi connectivity index (χ3v) is 3.53. The van der Waals surface area contributed by atoms with E-state index in [2.05, 4.69) is 4.98 Å². The molecule has 2 aromatic heterocycles. The lowest BCUT2D eigenvalue weighted by Crippen LogP contribution is -2.20. The van der Waals surface area contributed by atoms with Crippen molar-refractivity contribution in [1.82, 2.24) is 9.55 Å². The fourth-order valence-electron chi connectivity index (χ4n) is 2.43. The Bertz CT molecular complexity index is 1020. The second kappa shape index (κ2) is 5.80. The summed E-state index contributed by atoms with van der Waals surface area (Å²) in [7, 11) is 0. The summed E-state index contributed by atoms with van der Waals surface area (Å²) in [6.07, 6.45) is 3.84. The Balaban J connectivity index is 2.38. The number of pyridine rings is 2. The number of carboxylic acids is 1. The molecule has 24 heavy (non-hydrogen) atoms. The molecule has 0 atom stereocenters. The van der Waals surface area contributed by atoms with Gasteiger partial charge >= 0.3 is 5.97 Å². The van der Waals surface area contributed by atoms with Crippen molar-refractivity contribution in [2.24, 2.45) is 0 Å². The van der Waals surface area contributed by atoms with Crippen LogP contribution in [0.3, 0.4) is 0 Å². The first-order chi connectivity index (χ1) is 11.4. The second-order valence-electron chi connectivity index (χ2n) is 5.04. The van der Waals surface area contributed by atoms with Crippen LogP contribution in [0.2, 0.25) is 0 Å². The zero-order valence-corrected chi connectivity index (χ0v) is 12.0. The predicted molar refractivity (Wildman–Crippen MR) is 78.4 cm³/mol. The molecule has 1 N–H and O–H groups in total. The third-order valence-electron chi connectivity index (χ3n) is 3.53. The molecule has 0 aliphatic carbocycles. The summed E-state index contributed by atoms with van der Waals surface area (Å²) in [5.74, 6) is -6.38. The summed E-state index contributed by atoms with van der Waals surface area (Å²) in [4.78, 5) is 27.2. The molecular formula is C16H9F3N2O3. The van der Waals surface area contributed by atoms with Crippen LogP contribution in [0, 0.1) is 17.5 Å². The molecule has 1 aromatic carbocycles. The normalized spacial score (nSPS) is 11.0. The van der Waals surface area contributed by atoms with Gasteiger partial charge in [0.05, 0.1) is 10.9 Å². The van der Waals surface area contributed by atoms with Gasteiger partial charge in [-0.2, -0.15) is 0 Å². The van der Waals surface area contributed by atoms with Crippen molar-refractivity contribution in [3.63, 3.8) is 0 Å². The lowest BCUT2D eigenvalue weighted by atomic mass is 10.1. The molecule has 5 nitrogen and oxygen atoms in total. The lowest BCUT2D eigenvalue weighted by molar-refractivity contribution is 0.0695. The number of hydrogen-bond donors (Lipinski definition) is 1. The highest BCUT2D eigenvalue weighted by Gasteiger charge is 2.22. The maximum absolute atomic E-state index is 14.2. The number of aromatic carboxylic acids is 1. The number of rotatable bonds is 3. The smallest absolute Gasteiger partial charge is 0.341 e. The monoisotopic (exact) mass is 334 g/mol. The summed E-state index contributed by atoms with van der Waals surface area (Å²) in [6, 6.07) is 3.68. The fraction of sp³-hybridized carbons (Fsp3) is 0.0625. The highest BCUT2D eigenvalue weighted by Crippen LogP contribution is 2.22. The van der Waals surface area contributed by atoms with Crippen molar-refractivity contribution in [1.29, 1.82) is 0 Å². The Morgan fingerprint density at radius 3 is 2.46 bits per heavy atom. The number of carboxylic acid groups (broad SMARTS) is 1. The molecule has 0 saturated carbocycles. The number of hydrogen-bond acceptors (Lipinski definition) is 3. The largest absolute Gasteiger partial charge is 0.477 e. The van der Waals surface area contributed by atoms with Gasteiger partial charge in [-0.25, -0.2) is 18.0 Å². The number of benzene rings is 1. The molecule has 122 valence electrons. The Hall–Kier alpha value is -3.16. The van der Waals surface area contributed by atoms with E-state index in [-0.39, 0.29) is 6.54 Å². The van der Waals surface area contributed by atoms with Gasteiger partial charge in [-0.1, -0.05) is 0 Å². The number of nitrogens with zero attached hydrogens (tertiary/aromatic N) is 2. The molecule has 0 unspecified atom stereocenters. The standard InChI is InChI=1S/C16H9F3N2O3/c17-11-5-9-14(13(19)12(11)18)21(6-8-1-3-20-4-2-8)7-10(15(9)22)16(23)24/h1-5,7H,6H2,(H,23,24). The molecule has 0 radical (unpaired) electrons. The third kappa shape index (κ3) is 2.51. The minimum Gasteiger partial charge on any atom is -0.477 e. The van der Waals surface area contributed by atoms with Crippen LogP contribution in [0.4, 0.5) is 13.2 Å². The molecule has 3 aromatic rings. The molecule has 0 aliphatic heterocycles. The minimum absolute atomic E-state index is 0.0540. The van der Waals surface area contributed by atoms with E-state index < -0.39 is 45.3 Å². The summed E-state index contributed by atoms with van der Waals surface area (Å²) in [6.45, 7) is -0.0540. The maximum atomic E-state index is 14.2. The summed E-state index contributed by atoms with van der Waals surface area (Å²) < 4.78 is 42.3. The molecule has 0 saturated heterocycles. The molecule has 0 aliphatic rings. The van der Waals surface area contributed by atoms with E-state index in [4.69, 9.17) is 5.11 Å². The van der Waals surface area contributed by atoms with Gasteiger partial charge in [0.25, 0.3) is 0 Å². The SMILES string of the molecule is O=C(O)c1cn(Cc2ccncc2)c2c(F)c(F)c(F)cc2c1=O. The quantitative estimate of drug-likeness (QED) is 0.747. The van der Waals surface area contributed by atoms with Gasteiger partial charge in [-0.05, 0) is 23.8 Å². The number of carbonyl (C=O) groups is 1. The van der Waals surface area contributed by atoms with Crippen molar-refractivity contribution in [2.75, 3.05) is 0 Å². The molecule has 0 fully saturated rings. The van der Waals surface area contributed by atoms with Crippen molar-refractivity contribution >= 4 is 16.9 Å². The van der Waals surface area contributed by atoms with Gasteiger partial charge in [0.1, 0.15) is 5.56 Å². The van der Waals surface area contributed by atoms with Crippen LogP contribution < -0.4 is 5.43 Å². The lowest BCUT2D eigenvalue weighted by Gasteiger charge is -2.13. The van der Waals surface area contributed by atoms with Crippen LogP contribution in [0.15, 0.2) is 41.6 Å². The summed E-state index contributed by atoms with van der Waals surface area (Å²) in [5, 5.41) is 8.58. The Morgan fingerprint density at radius 1 is 1.17 bits per heavy atom. The van der Waals surface area contributed by atoms with Crippen LogP contribution in [0.5, 0.6) is 0 Å². The van der Waals surface area contributed by atoms with Crippen molar-refractivity contribution in [3.8, 4) is 0 Å². The van der Waals surface area contributed by atoms with Gasteiger partial charge in [0.2, 0.25) is 5.43 Å². The van der Waals surface area contributed by atoms with Crippen molar-refractivity contribution in [3.05, 3.63) is 75.6 Å². The number of aromatic nitrogens is 2. The van der Waals surface area contributed by atoms with Gasteiger partial charge < -0.3 is 9.67 Å². The van der Waals surface area contributed by atoms with E-state index in [0.29, 0.717) is 11.6 Å². The first-order valence-electron chi connectivity index (χ1n) is 6.73. The first-order valence-corrected chi connectivity index (χ1v) is 6.73. The van der Waals surface area contributed by atoms with Crippen LogP contribution >= 0.6 is 0 Å². The fourth-order valence-corrected chi connectivity index (χ4v) is 2.43. The molecule has 0 spiro atoms. The van der Waals surface area contributed by atoms with Crippen LogP contribution in [-0.2, 0) is 6.54 Å². The summed E-state index contributed by atoms with van der Waals surface area (Å²) >= 11 is 0. The minimum atomic E-state index is -1.73. The van der Waals surface area contributed by atoms with E-state index in [1.54, 1.807) is 12.1 Å². The first kappa shape index (κ1) is 15.7. The highest BCUT2D eigenvalue weighted by molar-refractivity contribution is 5.92. The highest BCUT2D eigenvalue weighted by atomic mass is 19.2. The maximum Gasteiger partial charge on any atom is 0.341 e. The van der Waals surface area contributed by atoms with E-state index in [0.717, 1.165) is 10.8 Å². The zero-order valence-electron chi connectivity index (χ0n) is 12.0. The predicted octanol–water partition coefficient (Wildman–Crippen LogP) is 2.56. The average Bonchev–Trinajstić information content (AvgIpc) is 2.56. The van der Waals surface area contributed by atoms with Crippen LogP contribution in [0.25, 0.3) is 10.9 Å². The van der Waals surface area contributed by atoms with Crippen molar-refractivity contribution < 1.29 is 23.1 Å². The zero-order chi connectivity index (χ0) is 17.4. The summed E-state index contributed by atoms with van der Waals surface area (Å²) in [5.41, 5.74) is -1.64. The number of fused-ring (bicyclic) bond motifs is 1. The van der Waals surface area contributed by atoms with E-state index >= 15 is 0 Å². The average molecular weight is 334 g/mol. The number of halogens is 3. The van der Waals surface area contributed by atoms with Gasteiger partial charge in [-0.15, -0.1) is 0 Å². The van der Waals surface area contributed by atoms with Crippen LogP contribution in [0.1, 0.15) is 15.9 Å². The molecule has 3 rings (SSSR count). The molecule has 0 amide bonds. The molecule has 2 heterocycles. The van der Waals surface area contributed by atoms with Gasteiger partial charge in [0, 0.05) is 25.1 Å². The van der Waals surface area contributed by atoms with Crippen LogP contribution in [-0.4, -0.2) is 20.6 Å².